The highest BCUT2D eigenvalue weighted by atomic mass is 16.5. The van der Waals surface area contributed by atoms with Crippen molar-refractivity contribution in [2.45, 2.75) is 6.92 Å². The van der Waals surface area contributed by atoms with Gasteiger partial charge in [-0.15, -0.1) is 0 Å². The highest BCUT2D eigenvalue weighted by Gasteiger charge is 2.07. The highest BCUT2D eigenvalue weighted by Crippen LogP contribution is 2.27. The summed E-state index contributed by atoms with van der Waals surface area (Å²) in [5, 5.41) is 0.788. The van der Waals surface area contributed by atoms with Crippen LogP contribution in [-0.2, 0) is 4.79 Å². The molecule has 0 aliphatic rings. The number of aromatic nitrogens is 1. The maximum Gasteiger partial charge on any atom is 0.308 e. The van der Waals surface area contributed by atoms with Gasteiger partial charge in [0, 0.05) is 24.2 Å². The van der Waals surface area contributed by atoms with E-state index < -0.39 is 0 Å². The van der Waals surface area contributed by atoms with E-state index in [-0.39, 0.29) is 5.97 Å². The number of benzene rings is 1. The summed E-state index contributed by atoms with van der Waals surface area (Å²) < 4.78 is 5.03. The van der Waals surface area contributed by atoms with Crippen molar-refractivity contribution in [1.29, 1.82) is 0 Å². The molecule has 76 valence electrons. The van der Waals surface area contributed by atoms with Gasteiger partial charge in [-0.25, -0.2) is 0 Å². The van der Waals surface area contributed by atoms with Gasteiger partial charge in [-0.05, 0) is 24.3 Å². The van der Waals surface area contributed by atoms with Gasteiger partial charge in [-0.3, -0.25) is 9.78 Å². The average molecular weight is 202 g/mol. The molecule has 2 N–H and O–H groups in total. The van der Waals surface area contributed by atoms with Crippen LogP contribution in [0.5, 0.6) is 5.75 Å². The Morgan fingerprint density at radius 1 is 1.40 bits per heavy atom. The van der Waals surface area contributed by atoms with Crippen LogP contribution in [0.1, 0.15) is 6.92 Å². The Hall–Kier alpha value is -2.10. The van der Waals surface area contributed by atoms with Crippen molar-refractivity contribution in [3.63, 3.8) is 0 Å². The van der Waals surface area contributed by atoms with E-state index in [4.69, 9.17) is 10.5 Å². The molecular weight excluding hydrogens is 192 g/mol. The summed E-state index contributed by atoms with van der Waals surface area (Å²) in [7, 11) is 0. The Balaban J connectivity index is 2.66. The summed E-state index contributed by atoms with van der Waals surface area (Å²) in [6.07, 6.45) is 1.63. The first-order valence-electron chi connectivity index (χ1n) is 4.50. The fourth-order valence-electron chi connectivity index (χ4n) is 1.41. The summed E-state index contributed by atoms with van der Waals surface area (Å²) in [4.78, 5) is 15.0. The molecule has 2 aromatic rings. The highest BCUT2D eigenvalue weighted by molar-refractivity contribution is 5.95. The number of nitrogen functional groups attached to an aromatic ring is 1. The molecule has 0 unspecified atom stereocenters. The van der Waals surface area contributed by atoms with Gasteiger partial charge in [0.2, 0.25) is 0 Å². The predicted octanol–water partition coefficient (Wildman–Crippen LogP) is 1.74. The van der Waals surface area contributed by atoms with Crippen LogP contribution in [0.25, 0.3) is 10.9 Å². The topological polar surface area (TPSA) is 65.2 Å². The van der Waals surface area contributed by atoms with Crippen LogP contribution < -0.4 is 10.5 Å². The third-order valence-electron chi connectivity index (χ3n) is 2.02. The zero-order valence-corrected chi connectivity index (χ0v) is 8.23. The second-order valence-electron chi connectivity index (χ2n) is 3.15. The van der Waals surface area contributed by atoms with Crippen LogP contribution in [0.15, 0.2) is 30.5 Å². The van der Waals surface area contributed by atoms with E-state index in [1.54, 1.807) is 24.4 Å². The fourth-order valence-corrected chi connectivity index (χ4v) is 1.41. The number of hydrogen-bond donors (Lipinski definition) is 1. The summed E-state index contributed by atoms with van der Waals surface area (Å²) in [6, 6.07) is 6.97. The molecule has 0 aliphatic carbocycles. The Kier molecular flexibility index (Phi) is 2.25. The number of fused-ring (bicyclic) bond motifs is 1. The molecule has 0 radical (unpaired) electrons. The van der Waals surface area contributed by atoms with E-state index in [9.17, 15) is 4.79 Å². The van der Waals surface area contributed by atoms with Gasteiger partial charge in [-0.2, -0.15) is 0 Å². The molecule has 0 atom stereocenters. The van der Waals surface area contributed by atoms with Crippen molar-refractivity contribution in [3.05, 3.63) is 30.5 Å². The molecule has 4 nitrogen and oxygen atoms in total. The molecule has 0 bridgehead atoms. The van der Waals surface area contributed by atoms with Gasteiger partial charge < -0.3 is 10.5 Å². The molecule has 0 saturated heterocycles. The molecule has 1 aromatic heterocycles. The Bertz CT molecular complexity index is 523. The average Bonchev–Trinajstić information content (AvgIpc) is 2.22. The van der Waals surface area contributed by atoms with Gasteiger partial charge in [0.1, 0.15) is 5.52 Å². The third-order valence-corrected chi connectivity index (χ3v) is 2.02. The van der Waals surface area contributed by atoms with Gasteiger partial charge in [0.05, 0.1) is 0 Å². The van der Waals surface area contributed by atoms with Crippen LogP contribution in [0.2, 0.25) is 0 Å². The zero-order valence-electron chi connectivity index (χ0n) is 8.23. The van der Waals surface area contributed by atoms with E-state index >= 15 is 0 Å². The minimum atomic E-state index is -0.369. The first-order valence-corrected chi connectivity index (χ1v) is 4.50. The van der Waals surface area contributed by atoms with Crippen LogP contribution in [0, 0.1) is 0 Å². The zero-order chi connectivity index (χ0) is 10.8. The predicted molar refractivity (Wildman–Crippen MR) is 57.5 cm³/mol. The lowest BCUT2D eigenvalue weighted by atomic mass is 10.2. The lowest BCUT2D eigenvalue weighted by Crippen LogP contribution is -2.02. The lowest BCUT2D eigenvalue weighted by molar-refractivity contribution is -0.131. The van der Waals surface area contributed by atoms with E-state index in [1.807, 2.05) is 6.07 Å². The standard InChI is InChI=1S/C11H10N2O2/c1-7(14)15-10-5-4-9(12)8-3-2-6-13-11(8)10/h2-6H,12H2,1H3. The molecule has 0 fully saturated rings. The van der Waals surface area contributed by atoms with Crippen LogP contribution >= 0.6 is 0 Å². The smallest absolute Gasteiger partial charge is 0.308 e. The Labute approximate surface area is 86.7 Å². The Morgan fingerprint density at radius 2 is 2.20 bits per heavy atom. The number of nitrogens with zero attached hydrogens (tertiary/aromatic N) is 1. The first kappa shape index (κ1) is 9.45. The van der Waals surface area contributed by atoms with Gasteiger partial charge in [0.25, 0.3) is 0 Å². The van der Waals surface area contributed by atoms with Crippen molar-refractivity contribution in [3.8, 4) is 5.75 Å². The Morgan fingerprint density at radius 3 is 2.93 bits per heavy atom. The molecule has 0 spiro atoms. The molecular formula is C11H10N2O2. The number of pyridine rings is 1. The minimum Gasteiger partial charge on any atom is -0.424 e. The van der Waals surface area contributed by atoms with Gasteiger partial charge in [0.15, 0.2) is 5.75 Å². The van der Waals surface area contributed by atoms with Crippen molar-refractivity contribution < 1.29 is 9.53 Å². The maximum absolute atomic E-state index is 10.9. The normalized spacial score (nSPS) is 10.2. The fraction of sp³-hybridized carbons (Fsp3) is 0.0909. The van der Waals surface area contributed by atoms with Crippen molar-refractivity contribution in [2.24, 2.45) is 0 Å². The van der Waals surface area contributed by atoms with Gasteiger partial charge >= 0.3 is 5.97 Å². The van der Waals surface area contributed by atoms with Crippen LogP contribution in [0.3, 0.4) is 0 Å². The van der Waals surface area contributed by atoms with E-state index in [0.29, 0.717) is 17.0 Å². The number of carbonyl (C=O) groups is 1. The van der Waals surface area contributed by atoms with Crippen molar-refractivity contribution in [2.75, 3.05) is 5.73 Å². The number of anilines is 1. The summed E-state index contributed by atoms with van der Waals surface area (Å²) in [5.41, 5.74) is 7.00. The second-order valence-corrected chi connectivity index (χ2v) is 3.15. The molecule has 0 amide bonds. The summed E-state index contributed by atoms with van der Waals surface area (Å²) >= 11 is 0. The van der Waals surface area contributed by atoms with E-state index in [0.717, 1.165) is 5.39 Å². The monoisotopic (exact) mass is 202 g/mol. The van der Waals surface area contributed by atoms with Crippen molar-refractivity contribution >= 4 is 22.6 Å². The molecule has 1 aromatic carbocycles. The molecule has 2 rings (SSSR count). The lowest BCUT2D eigenvalue weighted by Gasteiger charge is -2.06. The quantitative estimate of drug-likeness (QED) is 0.434. The van der Waals surface area contributed by atoms with Crippen LogP contribution in [0.4, 0.5) is 5.69 Å². The molecule has 1 heterocycles. The first-order chi connectivity index (χ1) is 7.18. The minimum absolute atomic E-state index is 0.369. The number of hydrogen-bond acceptors (Lipinski definition) is 4. The number of carbonyl (C=O) groups excluding carboxylic acids is 1. The molecule has 4 heteroatoms. The number of nitrogens with two attached hydrogens (primary N) is 1. The second kappa shape index (κ2) is 3.57. The van der Waals surface area contributed by atoms with Crippen molar-refractivity contribution in [1.82, 2.24) is 4.98 Å². The largest absolute Gasteiger partial charge is 0.424 e. The molecule has 0 aliphatic heterocycles. The number of esters is 1. The number of rotatable bonds is 1. The maximum atomic E-state index is 10.9. The molecule has 15 heavy (non-hydrogen) atoms. The summed E-state index contributed by atoms with van der Waals surface area (Å²) in [6.45, 7) is 1.35. The molecule has 0 saturated carbocycles. The third kappa shape index (κ3) is 1.74. The SMILES string of the molecule is CC(=O)Oc1ccc(N)c2cccnc12. The van der Waals surface area contributed by atoms with E-state index in [1.165, 1.54) is 6.92 Å². The van der Waals surface area contributed by atoms with Crippen LogP contribution in [-0.4, -0.2) is 11.0 Å². The van der Waals surface area contributed by atoms with E-state index in [2.05, 4.69) is 4.98 Å². The van der Waals surface area contributed by atoms with Gasteiger partial charge in [-0.1, -0.05) is 0 Å². The summed E-state index contributed by atoms with van der Waals surface area (Å²) in [5.74, 6) is 0.0685. The number of ether oxygens (including phenoxy) is 1.